The lowest BCUT2D eigenvalue weighted by molar-refractivity contribution is 0.0453. The van der Waals surface area contributed by atoms with Crippen molar-refractivity contribution in [2.45, 2.75) is 23.8 Å². The molecule has 158 valence electrons. The number of nitrogens with one attached hydrogen (secondary N) is 1. The van der Waals surface area contributed by atoms with Crippen LogP contribution in [0.5, 0.6) is 0 Å². The number of hydrogen-bond donors (Lipinski definition) is 1. The summed E-state index contributed by atoms with van der Waals surface area (Å²) in [6.07, 6.45) is 2.66. The van der Waals surface area contributed by atoms with Crippen LogP contribution in [0.1, 0.15) is 5.56 Å². The Hall–Kier alpha value is -2.39. The zero-order valence-corrected chi connectivity index (χ0v) is 18.1. The van der Waals surface area contributed by atoms with Gasteiger partial charge in [-0.3, -0.25) is 0 Å². The van der Waals surface area contributed by atoms with Crippen molar-refractivity contribution in [2.24, 2.45) is 7.05 Å². The Balaban J connectivity index is 1.54. The Bertz CT molecular complexity index is 1100. The summed E-state index contributed by atoms with van der Waals surface area (Å²) >= 11 is 6.10. The van der Waals surface area contributed by atoms with Crippen LogP contribution in [0.3, 0.4) is 0 Å². The van der Waals surface area contributed by atoms with Crippen molar-refractivity contribution in [1.82, 2.24) is 13.9 Å². The van der Waals surface area contributed by atoms with Crippen LogP contribution in [0, 0.1) is 0 Å². The summed E-state index contributed by atoms with van der Waals surface area (Å²) in [6, 6.07) is 16.9. The predicted octanol–water partition coefficient (Wildman–Crippen LogP) is 3.14. The van der Waals surface area contributed by atoms with Crippen molar-refractivity contribution in [3.05, 3.63) is 77.7 Å². The minimum absolute atomic E-state index is 0.0372. The Morgan fingerprint density at radius 1 is 1.17 bits per heavy atom. The maximum atomic E-state index is 13.1. The number of imidazole rings is 1. The third-order valence-electron chi connectivity index (χ3n) is 5.00. The standard InChI is InChI=1S/C21H23ClN4O3S/c1-25-13-21(23-15-25)30(27,28)26-11-19(24-18-9-5-8-17(22)10-18)20(12-26)29-14-16-6-3-2-4-7-16/h2-10,13,15,19-20,24H,11-12,14H2,1H3. The number of anilines is 1. The first-order chi connectivity index (χ1) is 14.4. The second-order valence-corrected chi connectivity index (χ2v) is 9.62. The van der Waals surface area contributed by atoms with Crippen molar-refractivity contribution < 1.29 is 13.2 Å². The van der Waals surface area contributed by atoms with E-state index in [1.165, 1.54) is 16.8 Å². The molecule has 30 heavy (non-hydrogen) atoms. The highest BCUT2D eigenvalue weighted by atomic mass is 35.5. The summed E-state index contributed by atoms with van der Waals surface area (Å²) < 4.78 is 35.3. The largest absolute Gasteiger partial charge is 0.378 e. The van der Waals surface area contributed by atoms with E-state index in [0.717, 1.165) is 11.3 Å². The van der Waals surface area contributed by atoms with E-state index in [4.69, 9.17) is 16.3 Å². The first kappa shape index (κ1) is 20.9. The van der Waals surface area contributed by atoms with Crippen molar-refractivity contribution in [3.63, 3.8) is 0 Å². The van der Waals surface area contributed by atoms with E-state index in [-0.39, 0.29) is 30.3 Å². The number of sulfonamides is 1. The fourth-order valence-electron chi connectivity index (χ4n) is 3.47. The van der Waals surface area contributed by atoms with E-state index < -0.39 is 10.0 Å². The van der Waals surface area contributed by atoms with E-state index in [1.54, 1.807) is 17.7 Å². The first-order valence-corrected chi connectivity index (χ1v) is 11.4. The molecule has 2 unspecified atom stereocenters. The molecule has 3 aromatic rings. The maximum Gasteiger partial charge on any atom is 0.262 e. The van der Waals surface area contributed by atoms with E-state index in [1.807, 2.05) is 48.5 Å². The van der Waals surface area contributed by atoms with Gasteiger partial charge in [-0.05, 0) is 23.8 Å². The molecule has 0 bridgehead atoms. The lowest BCUT2D eigenvalue weighted by atomic mass is 10.2. The highest BCUT2D eigenvalue weighted by molar-refractivity contribution is 7.89. The second kappa shape index (κ2) is 8.77. The van der Waals surface area contributed by atoms with Gasteiger partial charge in [-0.15, -0.1) is 0 Å². The fourth-order valence-corrected chi connectivity index (χ4v) is 5.10. The SMILES string of the molecule is Cn1cnc(S(=O)(=O)N2CC(Nc3cccc(Cl)c3)C(OCc3ccccc3)C2)c1. The molecule has 1 aliphatic rings. The van der Waals surface area contributed by atoms with E-state index >= 15 is 0 Å². The minimum Gasteiger partial charge on any atom is -0.378 e. The van der Waals surface area contributed by atoms with Gasteiger partial charge >= 0.3 is 0 Å². The van der Waals surface area contributed by atoms with Crippen LogP contribution in [0.15, 0.2) is 72.1 Å². The average Bonchev–Trinajstić information content (AvgIpc) is 3.34. The number of nitrogens with zero attached hydrogens (tertiary/aromatic N) is 3. The number of benzene rings is 2. The molecular weight excluding hydrogens is 424 g/mol. The Morgan fingerprint density at radius 3 is 2.67 bits per heavy atom. The van der Waals surface area contributed by atoms with E-state index in [9.17, 15) is 8.42 Å². The molecule has 7 nitrogen and oxygen atoms in total. The Kier molecular flexibility index (Phi) is 6.10. The van der Waals surface area contributed by atoms with Gasteiger partial charge in [0, 0.05) is 37.0 Å². The van der Waals surface area contributed by atoms with Crippen LogP contribution in [0.25, 0.3) is 0 Å². The fraction of sp³-hybridized carbons (Fsp3) is 0.286. The number of hydrogen-bond acceptors (Lipinski definition) is 5. The molecule has 0 amide bonds. The molecule has 2 heterocycles. The lowest BCUT2D eigenvalue weighted by Crippen LogP contribution is -2.34. The molecule has 0 saturated carbocycles. The van der Waals surface area contributed by atoms with Crippen LogP contribution in [-0.2, 0) is 28.4 Å². The van der Waals surface area contributed by atoms with Gasteiger partial charge < -0.3 is 14.6 Å². The van der Waals surface area contributed by atoms with Gasteiger partial charge in [0.1, 0.15) is 0 Å². The molecule has 2 atom stereocenters. The number of aryl methyl sites for hydroxylation is 1. The van der Waals surface area contributed by atoms with Crippen molar-refractivity contribution in [1.29, 1.82) is 0 Å². The highest BCUT2D eigenvalue weighted by Gasteiger charge is 2.41. The molecule has 1 saturated heterocycles. The van der Waals surface area contributed by atoms with Crippen LogP contribution in [-0.4, -0.2) is 47.5 Å². The molecule has 9 heteroatoms. The number of aromatic nitrogens is 2. The highest BCUT2D eigenvalue weighted by Crippen LogP contribution is 2.26. The monoisotopic (exact) mass is 446 g/mol. The van der Waals surface area contributed by atoms with Gasteiger partial charge in [0.05, 0.1) is 25.1 Å². The lowest BCUT2D eigenvalue weighted by Gasteiger charge is -2.21. The quantitative estimate of drug-likeness (QED) is 0.603. The molecule has 4 rings (SSSR count). The Morgan fingerprint density at radius 2 is 1.97 bits per heavy atom. The summed E-state index contributed by atoms with van der Waals surface area (Å²) in [7, 11) is -1.97. The summed E-state index contributed by atoms with van der Waals surface area (Å²) in [5.41, 5.74) is 1.85. The van der Waals surface area contributed by atoms with Crippen molar-refractivity contribution in [3.8, 4) is 0 Å². The molecule has 0 aliphatic carbocycles. The second-order valence-electron chi connectivity index (χ2n) is 7.30. The number of halogens is 1. The zero-order valence-electron chi connectivity index (χ0n) is 16.5. The van der Waals surface area contributed by atoms with Crippen molar-refractivity contribution in [2.75, 3.05) is 18.4 Å². The molecular formula is C21H23ClN4O3S. The van der Waals surface area contributed by atoms with Gasteiger partial charge in [-0.1, -0.05) is 48.0 Å². The molecule has 1 aromatic heterocycles. The molecule has 1 N–H and O–H groups in total. The molecule has 2 aromatic carbocycles. The van der Waals surface area contributed by atoms with Gasteiger partial charge in [-0.25, -0.2) is 13.4 Å². The minimum atomic E-state index is -3.71. The van der Waals surface area contributed by atoms with Gasteiger partial charge in [0.2, 0.25) is 0 Å². The average molecular weight is 447 g/mol. The van der Waals surface area contributed by atoms with Gasteiger partial charge in [-0.2, -0.15) is 4.31 Å². The summed E-state index contributed by atoms with van der Waals surface area (Å²) in [4.78, 5) is 4.03. The molecule has 1 fully saturated rings. The van der Waals surface area contributed by atoms with Crippen LogP contribution < -0.4 is 5.32 Å². The summed E-state index contributed by atoms with van der Waals surface area (Å²) in [5.74, 6) is 0. The smallest absolute Gasteiger partial charge is 0.262 e. The first-order valence-electron chi connectivity index (χ1n) is 9.57. The maximum absolute atomic E-state index is 13.1. The predicted molar refractivity (Wildman–Crippen MR) is 116 cm³/mol. The van der Waals surface area contributed by atoms with Crippen LogP contribution in [0.2, 0.25) is 5.02 Å². The third kappa shape index (κ3) is 4.67. The zero-order chi connectivity index (χ0) is 21.1. The summed E-state index contributed by atoms with van der Waals surface area (Å²) in [6.45, 7) is 0.908. The Labute approximate surface area is 181 Å². The molecule has 0 radical (unpaired) electrons. The van der Waals surface area contributed by atoms with Crippen molar-refractivity contribution >= 4 is 27.3 Å². The summed E-state index contributed by atoms with van der Waals surface area (Å²) in [5, 5.41) is 4.03. The van der Waals surface area contributed by atoms with Gasteiger partial charge in [0.25, 0.3) is 10.0 Å². The molecule has 1 aliphatic heterocycles. The van der Waals surface area contributed by atoms with Gasteiger partial charge in [0.15, 0.2) is 5.03 Å². The van der Waals surface area contributed by atoms with Crippen LogP contribution in [0.4, 0.5) is 5.69 Å². The normalized spacial score (nSPS) is 19.8. The number of ether oxygens (including phenoxy) is 1. The van der Waals surface area contributed by atoms with E-state index in [0.29, 0.717) is 11.6 Å². The van der Waals surface area contributed by atoms with E-state index in [2.05, 4.69) is 10.3 Å². The molecule has 0 spiro atoms. The van der Waals surface area contributed by atoms with Crippen LogP contribution >= 0.6 is 11.6 Å². The topological polar surface area (TPSA) is 76.5 Å². The number of rotatable bonds is 7. The third-order valence-corrected chi connectivity index (χ3v) is 6.95.